The Balaban J connectivity index is 1.86. The Morgan fingerprint density at radius 2 is 1.80 bits per heavy atom. The molecule has 1 aromatic heterocycles. The third-order valence-electron chi connectivity index (χ3n) is 4.02. The van der Waals surface area contributed by atoms with E-state index in [0.29, 0.717) is 22.4 Å². The highest BCUT2D eigenvalue weighted by Gasteiger charge is 2.27. The maximum atomic E-state index is 11.6. The lowest BCUT2D eigenvalue weighted by Gasteiger charge is -2.27. The van der Waals surface area contributed by atoms with Crippen LogP contribution in [0.4, 0.5) is 17.3 Å². The van der Waals surface area contributed by atoms with Gasteiger partial charge >= 0.3 is 5.69 Å². The summed E-state index contributed by atoms with van der Waals surface area (Å²) in [4.78, 5) is 21.4. The molecule has 9 heteroatoms. The second-order valence-corrected chi connectivity index (χ2v) is 6.70. The van der Waals surface area contributed by atoms with Crippen LogP contribution in [0.5, 0.6) is 0 Å². The van der Waals surface area contributed by atoms with Gasteiger partial charge in [-0.2, -0.15) is 0 Å². The molecule has 0 bridgehead atoms. The maximum absolute atomic E-state index is 11.6. The van der Waals surface area contributed by atoms with Crippen LogP contribution in [0.3, 0.4) is 0 Å². The van der Waals surface area contributed by atoms with E-state index in [4.69, 9.17) is 23.2 Å². The van der Waals surface area contributed by atoms with E-state index in [1.807, 2.05) is 4.90 Å². The molecule has 1 N–H and O–H groups in total. The first kappa shape index (κ1) is 17.7. The molecule has 1 saturated heterocycles. The number of rotatable bonds is 5. The molecule has 0 saturated carbocycles. The standard InChI is InChI=1S/C16H17Cl2N5O2/c17-12-6-11(7-13(18)8-12)9-19-15-14(23(24)25)16(21-10-20-15)22-4-2-1-3-5-22/h6-8,10H,1-5,9H2,(H,19,20,21). The molecule has 0 radical (unpaired) electrons. The Hall–Kier alpha value is -2.12. The van der Waals surface area contributed by atoms with Gasteiger partial charge in [0.1, 0.15) is 6.33 Å². The van der Waals surface area contributed by atoms with Gasteiger partial charge in [-0.25, -0.2) is 9.97 Å². The molecule has 1 aliphatic heterocycles. The van der Waals surface area contributed by atoms with E-state index in [0.717, 1.165) is 37.9 Å². The van der Waals surface area contributed by atoms with E-state index < -0.39 is 4.92 Å². The first-order chi connectivity index (χ1) is 12.0. The van der Waals surface area contributed by atoms with Gasteiger partial charge in [0.15, 0.2) is 0 Å². The van der Waals surface area contributed by atoms with Gasteiger partial charge in [-0.15, -0.1) is 0 Å². The number of anilines is 2. The number of benzene rings is 1. The molecule has 2 heterocycles. The molecule has 1 aromatic carbocycles. The summed E-state index contributed by atoms with van der Waals surface area (Å²) in [5.41, 5.74) is 0.711. The molecular weight excluding hydrogens is 365 g/mol. The van der Waals surface area contributed by atoms with E-state index in [-0.39, 0.29) is 11.5 Å². The fraction of sp³-hybridized carbons (Fsp3) is 0.375. The topological polar surface area (TPSA) is 84.2 Å². The number of nitrogens with one attached hydrogen (secondary N) is 1. The minimum absolute atomic E-state index is 0.0995. The Labute approximate surface area is 155 Å². The number of hydrogen-bond donors (Lipinski definition) is 1. The number of halogens is 2. The summed E-state index contributed by atoms with van der Waals surface area (Å²) in [6.45, 7) is 1.85. The summed E-state index contributed by atoms with van der Waals surface area (Å²) in [6, 6.07) is 5.13. The van der Waals surface area contributed by atoms with Crippen LogP contribution in [-0.4, -0.2) is 28.0 Å². The fourth-order valence-electron chi connectivity index (χ4n) is 2.90. The third kappa shape index (κ3) is 4.29. The van der Waals surface area contributed by atoms with Gasteiger partial charge in [-0.1, -0.05) is 23.2 Å². The highest BCUT2D eigenvalue weighted by molar-refractivity contribution is 6.34. The lowest BCUT2D eigenvalue weighted by atomic mass is 10.1. The molecule has 0 atom stereocenters. The summed E-state index contributed by atoms with van der Waals surface area (Å²) in [6.07, 6.45) is 4.50. The molecule has 3 rings (SSSR count). The van der Waals surface area contributed by atoms with Crippen molar-refractivity contribution in [1.82, 2.24) is 9.97 Å². The molecule has 0 spiro atoms. The first-order valence-electron chi connectivity index (χ1n) is 7.98. The second kappa shape index (κ2) is 7.84. The van der Waals surface area contributed by atoms with E-state index in [1.54, 1.807) is 18.2 Å². The molecule has 1 aliphatic rings. The molecule has 0 aliphatic carbocycles. The van der Waals surface area contributed by atoms with Crippen molar-refractivity contribution in [2.75, 3.05) is 23.3 Å². The van der Waals surface area contributed by atoms with Gasteiger partial charge in [0, 0.05) is 29.7 Å². The monoisotopic (exact) mass is 381 g/mol. The molecule has 0 unspecified atom stereocenters. The van der Waals surface area contributed by atoms with Crippen molar-refractivity contribution < 1.29 is 4.92 Å². The summed E-state index contributed by atoms with van der Waals surface area (Å²) in [5, 5.41) is 15.6. The van der Waals surface area contributed by atoms with Gasteiger partial charge in [-0.3, -0.25) is 10.1 Å². The summed E-state index contributed by atoms with van der Waals surface area (Å²) >= 11 is 12.0. The number of nitro groups is 1. The van der Waals surface area contributed by atoms with Crippen molar-refractivity contribution in [2.45, 2.75) is 25.8 Å². The van der Waals surface area contributed by atoms with Crippen LogP contribution in [0.15, 0.2) is 24.5 Å². The van der Waals surface area contributed by atoms with Crippen LogP contribution in [0, 0.1) is 10.1 Å². The van der Waals surface area contributed by atoms with Crippen LogP contribution >= 0.6 is 23.2 Å². The maximum Gasteiger partial charge on any atom is 0.353 e. The van der Waals surface area contributed by atoms with Crippen LogP contribution in [0.1, 0.15) is 24.8 Å². The lowest BCUT2D eigenvalue weighted by molar-refractivity contribution is -0.383. The lowest BCUT2D eigenvalue weighted by Crippen LogP contribution is -2.31. The van der Waals surface area contributed by atoms with Gasteiger partial charge in [-0.05, 0) is 43.0 Å². The zero-order valence-electron chi connectivity index (χ0n) is 13.4. The summed E-state index contributed by atoms with van der Waals surface area (Å²) in [7, 11) is 0. The molecule has 2 aromatic rings. The smallest absolute Gasteiger partial charge is 0.353 e. The van der Waals surface area contributed by atoms with Crippen molar-refractivity contribution >= 4 is 40.5 Å². The largest absolute Gasteiger partial charge is 0.360 e. The highest BCUT2D eigenvalue weighted by atomic mass is 35.5. The average molecular weight is 382 g/mol. The molecule has 132 valence electrons. The minimum Gasteiger partial charge on any atom is -0.360 e. The van der Waals surface area contributed by atoms with Crippen molar-refractivity contribution in [3.8, 4) is 0 Å². The Bertz CT molecular complexity index is 761. The number of piperidine rings is 1. The van der Waals surface area contributed by atoms with Crippen molar-refractivity contribution in [3.05, 3.63) is 50.2 Å². The number of aromatic nitrogens is 2. The summed E-state index contributed by atoms with van der Waals surface area (Å²) < 4.78 is 0. The number of nitrogens with zero attached hydrogens (tertiary/aromatic N) is 4. The van der Waals surface area contributed by atoms with E-state index in [2.05, 4.69) is 15.3 Å². The predicted octanol–water partition coefficient (Wildman–Crippen LogP) is 4.29. The summed E-state index contributed by atoms with van der Waals surface area (Å²) in [5.74, 6) is 0.558. The van der Waals surface area contributed by atoms with Crippen LogP contribution in [0.25, 0.3) is 0 Å². The predicted molar refractivity (Wildman–Crippen MR) is 98.5 cm³/mol. The van der Waals surface area contributed by atoms with Gasteiger partial charge in [0.2, 0.25) is 11.6 Å². The van der Waals surface area contributed by atoms with Gasteiger partial charge in [0.05, 0.1) is 4.92 Å². The van der Waals surface area contributed by atoms with Crippen molar-refractivity contribution in [1.29, 1.82) is 0 Å². The van der Waals surface area contributed by atoms with Gasteiger partial charge in [0.25, 0.3) is 0 Å². The molecule has 0 amide bonds. The minimum atomic E-state index is -0.433. The van der Waals surface area contributed by atoms with Crippen molar-refractivity contribution in [3.63, 3.8) is 0 Å². The van der Waals surface area contributed by atoms with Crippen molar-refractivity contribution in [2.24, 2.45) is 0 Å². The Morgan fingerprint density at radius 1 is 1.12 bits per heavy atom. The average Bonchev–Trinajstić information content (AvgIpc) is 2.59. The molecule has 1 fully saturated rings. The van der Waals surface area contributed by atoms with E-state index >= 15 is 0 Å². The quantitative estimate of drug-likeness (QED) is 0.613. The normalized spacial score (nSPS) is 14.4. The zero-order valence-corrected chi connectivity index (χ0v) is 14.9. The zero-order chi connectivity index (χ0) is 17.8. The molecular formula is C16H17Cl2N5O2. The van der Waals surface area contributed by atoms with Gasteiger partial charge < -0.3 is 10.2 Å². The second-order valence-electron chi connectivity index (χ2n) is 5.83. The first-order valence-corrected chi connectivity index (χ1v) is 8.73. The fourth-order valence-corrected chi connectivity index (χ4v) is 3.47. The third-order valence-corrected chi connectivity index (χ3v) is 4.46. The van der Waals surface area contributed by atoms with Crippen LogP contribution < -0.4 is 10.2 Å². The number of hydrogen-bond acceptors (Lipinski definition) is 6. The Morgan fingerprint density at radius 3 is 2.44 bits per heavy atom. The molecule has 25 heavy (non-hydrogen) atoms. The Kier molecular flexibility index (Phi) is 5.55. The molecule has 7 nitrogen and oxygen atoms in total. The highest BCUT2D eigenvalue weighted by Crippen LogP contribution is 2.33. The van der Waals surface area contributed by atoms with E-state index in [9.17, 15) is 10.1 Å². The van der Waals surface area contributed by atoms with Crippen LogP contribution in [0.2, 0.25) is 10.0 Å². The van der Waals surface area contributed by atoms with Crippen LogP contribution in [-0.2, 0) is 6.54 Å². The SMILES string of the molecule is O=[N+]([O-])c1c(NCc2cc(Cl)cc(Cl)c2)ncnc1N1CCCCC1. The van der Waals surface area contributed by atoms with E-state index in [1.165, 1.54) is 6.33 Å².